The van der Waals surface area contributed by atoms with E-state index in [9.17, 15) is 9.90 Å². The van der Waals surface area contributed by atoms with Crippen LogP contribution in [0.25, 0.3) is 33.7 Å². The molecule has 2 N–H and O–H groups in total. The molecule has 5 aromatic rings. The Hall–Kier alpha value is -4.54. The van der Waals surface area contributed by atoms with Crippen LogP contribution in [0.1, 0.15) is 35.2 Å². The number of hydrogen-bond donors (Lipinski definition) is 2. The molecular weight excluding hydrogens is 509 g/mol. The number of carbonyl (C=O) groups excluding carboxylic acids is 1. The van der Waals surface area contributed by atoms with Crippen LogP contribution in [-0.4, -0.2) is 61.7 Å². The summed E-state index contributed by atoms with van der Waals surface area (Å²) in [4.78, 5) is 24.8. The molecule has 0 saturated carbocycles. The number of halogens is 1. The summed E-state index contributed by atoms with van der Waals surface area (Å²) in [5, 5.41) is 22.6. The highest BCUT2D eigenvalue weighted by atomic mass is 19.1. The number of aliphatic hydroxyl groups is 1. The van der Waals surface area contributed by atoms with E-state index in [4.69, 9.17) is 0 Å². The Kier molecular flexibility index (Phi) is 7.26. The molecule has 3 aromatic heterocycles. The van der Waals surface area contributed by atoms with Gasteiger partial charge in [-0.15, -0.1) is 5.10 Å². The number of hydrogen-bond acceptors (Lipinski definition) is 7. The molecule has 0 spiro atoms. The van der Waals surface area contributed by atoms with Crippen molar-refractivity contribution in [2.24, 2.45) is 0 Å². The fourth-order valence-corrected chi connectivity index (χ4v) is 5.21. The van der Waals surface area contributed by atoms with Crippen molar-refractivity contribution in [2.45, 2.75) is 25.3 Å². The standard InChI is InChI=1S/C30H28FN7O2/c31-25-18-22(38-28-26(35-36-38)10-5-15-33-28)11-12-24(25)30(40)37(23-9-4-14-32-19-23)29-27-20(6-1-2-17-39)7-3-8-21(27)13-16-34-29/h1,3,5-8,10-13,15-16,18,23,32,39H,2,4,9,14,17,19H2/t23-/m1/s1. The average molecular weight is 538 g/mol. The Labute approximate surface area is 230 Å². The lowest BCUT2D eigenvalue weighted by Crippen LogP contribution is -2.49. The summed E-state index contributed by atoms with van der Waals surface area (Å²) in [6.45, 7) is 1.47. The number of piperidine rings is 1. The first kappa shape index (κ1) is 25.7. The minimum absolute atomic E-state index is 0.0421. The SMILES string of the molecule is O=C(c1ccc(-n2nnc3cccnc32)cc1F)N(c1nccc2cccc(C=CCCO)c12)[C@@H]1CCCNC1. The molecule has 1 saturated heterocycles. The zero-order chi connectivity index (χ0) is 27.5. The number of fused-ring (bicyclic) bond motifs is 2. The van der Waals surface area contributed by atoms with E-state index in [1.165, 1.54) is 16.8 Å². The second-order valence-corrected chi connectivity index (χ2v) is 9.68. The number of pyridine rings is 2. The van der Waals surface area contributed by atoms with Crippen LogP contribution in [0.5, 0.6) is 0 Å². The van der Waals surface area contributed by atoms with E-state index in [1.54, 1.807) is 35.5 Å². The number of aliphatic hydroxyl groups excluding tert-OH is 1. The van der Waals surface area contributed by atoms with Gasteiger partial charge in [-0.25, -0.2) is 14.4 Å². The van der Waals surface area contributed by atoms with E-state index in [2.05, 4.69) is 25.6 Å². The van der Waals surface area contributed by atoms with Gasteiger partial charge >= 0.3 is 0 Å². The fraction of sp³-hybridized carbons (Fsp3) is 0.233. The number of carbonyl (C=O) groups is 1. The summed E-state index contributed by atoms with van der Waals surface area (Å²) >= 11 is 0. The van der Waals surface area contributed by atoms with Gasteiger partial charge in [0, 0.05) is 37.0 Å². The normalized spacial score (nSPS) is 15.7. The van der Waals surface area contributed by atoms with E-state index in [1.807, 2.05) is 36.4 Å². The predicted molar refractivity (Wildman–Crippen MR) is 152 cm³/mol. The number of rotatable bonds is 7. The third-order valence-corrected chi connectivity index (χ3v) is 7.12. The Bertz CT molecular complexity index is 1710. The monoisotopic (exact) mass is 537 g/mol. The van der Waals surface area contributed by atoms with Crippen molar-refractivity contribution in [3.8, 4) is 5.69 Å². The van der Waals surface area contributed by atoms with Gasteiger partial charge in [-0.2, -0.15) is 4.68 Å². The van der Waals surface area contributed by atoms with Crippen LogP contribution >= 0.6 is 0 Å². The van der Waals surface area contributed by atoms with Gasteiger partial charge in [0.2, 0.25) is 0 Å². The minimum atomic E-state index is -0.667. The molecule has 9 nitrogen and oxygen atoms in total. The van der Waals surface area contributed by atoms with E-state index >= 15 is 4.39 Å². The third-order valence-electron chi connectivity index (χ3n) is 7.12. The Balaban J connectivity index is 1.45. The van der Waals surface area contributed by atoms with Gasteiger partial charge in [0.05, 0.1) is 17.3 Å². The molecule has 0 unspecified atom stereocenters. The summed E-state index contributed by atoms with van der Waals surface area (Å²) in [6.07, 6.45) is 9.27. The summed E-state index contributed by atoms with van der Waals surface area (Å²) in [5.74, 6) is -0.650. The lowest BCUT2D eigenvalue weighted by molar-refractivity contribution is 0.0968. The molecule has 2 aromatic carbocycles. The quantitative estimate of drug-likeness (QED) is 0.319. The maximum atomic E-state index is 15.7. The highest BCUT2D eigenvalue weighted by Crippen LogP contribution is 2.33. The van der Waals surface area contributed by atoms with Crippen molar-refractivity contribution in [1.29, 1.82) is 0 Å². The molecule has 1 atom stereocenters. The van der Waals surface area contributed by atoms with Crippen LogP contribution in [0.4, 0.5) is 10.2 Å². The van der Waals surface area contributed by atoms with Crippen LogP contribution in [0.2, 0.25) is 0 Å². The molecule has 6 rings (SSSR count). The van der Waals surface area contributed by atoms with Crippen molar-refractivity contribution in [2.75, 3.05) is 24.6 Å². The van der Waals surface area contributed by atoms with E-state index in [0.29, 0.717) is 35.6 Å². The summed E-state index contributed by atoms with van der Waals surface area (Å²) in [7, 11) is 0. The Morgan fingerprint density at radius 1 is 1.15 bits per heavy atom. The zero-order valence-corrected chi connectivity index (χ0v) is 21.7. The van der Waals surface area contributed by atoms with E-state index in [0.717, 1.165) is 35.7 Å². The van der Waals surface area contributed by atoms with Crippen molar-refractivity contribution < 1.29 is 14.3 Å². The summed E-state index contributed by atoms with van der Waals surface area (Å²) in [6, 6.07) is 15.5. The smallest absolute Gasteiger partial charge is 0.262 e. The highest BCUT2D eigenvalue weighted by molar-refractivity contribution is 6.11. The zero-order valence-electron chi connectivity index (χ0n) is 21.7. The minimum Gasteiger partial charge on any atom is -0.396 e. The second kappa shape index (κ2) is 11.3. The van der Waals surface area contributed by atoms with Crippen LogP contribution in [-0.2, 0) is 0 Å². The van der Waals surface area contributed by atoms with Crippen LogP contribution in [0.15, 0.2) is 73.1 Å². The first-order valence-electron chi connectivity index (χ1n) is 13.3. The van der Waals surface area contributed by atoms with Crippen molar-refractivity contribution >= 4 is 39.7 Å². The van der Waals surface area contributed by atoms with E-state index in [-0.39, 0.29) is 18.2 Å². The largest absolute Gasteiger partial charge is 0.396 e. The van der Waals surface area contributed by atoms with E-state index < -0.39 is 11.7 Å². The number of nitrogens with one attached hydrogen (secondary N) is 1. The fourth-order valence-electron chi connectivity index (χ4n) is 5.21. The van der Waals surface area contributed by atoms with Gasteiger partial charge in [-0.1, -0.05) is 35.6 Å². The molecule has 0 bridgehead atoms. The molecule has 1 amide bonds. The highest BCUT2D eigenvalue weighted by Gasteiger charge is 2.32. The van der Waals surface area contributed by atoms with Crippen molar-refractivity contribution in [1.82, 2.24) is 30.3 Å². The number of nitrogens with zero attached hydrogens (tertiary/aromatic N) is 6. The van der Waals surface area contributed by atoms with Crippen molar-refractivity contribution in [3.05, 3.63) is 90.0 Å². The lowest BCUT2D eigenvalue weighted by Gasteiger charge is -2.35. The molecule has 0 aliphatic carbocycles. The topological polar surface area (TPSA) is 109 Å². The summed E-state index contributed by atoms with van der Waals surface area (Å²) in [5.41, 5.74) is 2.32. The van der Waals surface area contributed by atoms with Crippen LogP contribution in [0.3, 0.4) is 0 Å². The van der Waals surface area contributed by atoms with Crippen molar-refractivity contribution in [3.63, 3.8) is 0 Å². The van der Waals surface area contributed by atoms with Crippen LogP contribution < -0.4 is 10.2 Å². The Morgan fingerprint density at radius 2 is 2.08 bits per heavy atom. The van der Waals surface area contributed by atoms with Gasteiger partial charge in [-0.05, 0) is 67.1 Å². The molecule has 4 heterocycles. The molecule has 40 heavy (non-hydrogen) atoms. The number of amides is 1. The molecule has 1 aliphatic heterocycles. The van der Waals surface area contributed by atoms with Crippen LogP contribution in [0, 0.1) is 5.82 Å². The summed E-state index contributed by atoms with van der Waals surface area (Å²) < 4.78 is 17.2. The average Bonchev–Trinajstić information content (AvgIpc) is 3.42. The Morgan fingerprint density at radius 3 is 2.90 bits per heavy atom. The first-order chi connectivity index (χ1) is 19.7. The van der Waals surface area contributed by atoms with Gasteiger partial charge in [0.25, 0.3) is 5.91 Å². The maximum absolute atomic E-state index is 15.7. The maximum Gasteiger partial charge on any atom is 0.262 e. The van der Waals surface area contributed by atoms with Gasteiger partial charge < -0.3 is 10.4 Å². The van der Waals surface area contributed by atoms with Gasteiger partial charge in [0.1, 0.15) is 17.2 Å². The number of aromatic nitrogens is 5. The van der Waals surface area contributed by atoms with Gasteiger partial charge in [0.15, 0.2) is 5.65 Å². The molecule has 10 heteroatoms. The number of anilines is 1. The second-order valence-electron chi connectivity index (χ2n) is 9.68. The lowest BCUT2D eigenvalue weighted by atomic mass is 10.00. The number of benzene rings is 2. The first-order valence-corrected chi connectivity index (χ1v) is 13.3. The van der Waals surface area contributed by atoms with Gasteiger partial charge in [-0.3, -0.25) is 9.69 Å². The molecule has 1 aliphatic rings. The molecule has 1 fully saturated rings. The molecule has 202 valence electrons. The molecule has 0 radical (unpaired) electrons. The predicted octanol–water partition coefficient (Wildman–Crippen LogP) is 4.30. The third kappa shape index (κ3) is 4.83. The molecular formula is C30H28FN7O2.